The van der Waals surface area contributed by atoms with Crippen molar-refractivity contribution in [3.63, 3.8) is 0 Å². The lowest BCUT2D eigenvalue weighted by molar-refractivity contribution is -0.394. The third-order valence-electron chi connectivity index (χ3n) is 3.08. The maximum absolute atomic E-state index is 11.2. The van der Waals surface area contributed by atoms with Crippen LogP contribution in [0.3, 0.4) is 0 Å². The Kier molecular flexibility index (Phi) is 5.05. The van der Waals surface area contributed by atoms with Crippen LogP contribution in [-0.2, 0) is 16.0 Å². The average Bonchev–Trinajstić information content (AvgIpc) is 2.56. The largest absolute Gasteiger partial charge is 0.469 e. The van der Waals surface area contributed by atoms with E-state index >= 15 is 0 Å². The molecule has 0 N–H and O–H groups in total. The summed E-state index contributed by atoms with van der Waals surface area (Å²) >= 11 is 0. The minimum absolute atomic E-state index is 0.0917. The third kappa shape index (κ3) is 4.03. The number of carbonyl (C=O) groups is 1. The summed E-state index contributed by atoms with van der Waals surface area (Å²) in [6, 6.07) is 9.41. The van der Waals surface area contributed by atoms with Gasteiger partial charge in [-0.1, -0.05) is 12.1 Å². The van der Waals surface area contributed by atoms with E-state index < -0.39 is 27.2 Å². The topological polar surface area (TPSA) is 122 Å². The number of nitrogens with zero attached hydrogens (tertiary/aromatic N) is 2. The van der Waals surface area contributed by atoms with Crippen molar-refractivity contribution in [2.75, 3.05) is 7.11 Å². The van der Waals surface area contributed by atoms with Crippen LogP contribution in [0.1, 0.15) is 5.56 Å². The molecule has 2 aromatic rings. The number of rotatable bonds is 6. The molecule has 0 aliphatic rings. The molecule has 24 heavy (non-hydrogen) atoms. The van der Waals surface area contributed by atoms with Gasteiger partial charge in [-0.25, -0.2) is 0 Å². The fraction of sp³-hybridized carbons (Fsp3) is 0.133. The molecule has 0 unspecified atom stereocenters. The first-order valence-electron chi connectivity index (χ1n) is 6.67. The van der Waals surface area contributed by atoms with E-state index in [1.165, 1.54) is 25.3 Å². The highest BCUT2D eigenvalue weighted by Gasteiger charge is 2.21. The zero-order chi connectivity index (χ0) is 17.7. The first kappa shape index (κ1) is 16.9. The van der Waals surface area contributed by atoms with Gasteiger partial charge in [0.25, 0.3) is 5.69 Å². The van der Waals surface area contributed by atoms with E-state index in [1.807, 2.05) is 0 Å². The lowest BCUT2D eigenvalue weighted by atomic mass is 10.1. The van der Waals surface area contributed by atoms with E-state index in [0.717, 1.165) is 12.1 Å². The first-order chi connectivity index (χ1) is 11.4. The lowest BCUT2D eigenvalue weighted by Gasteiger charge is -2.07. The van der Waals surface area contributed by atoms with Crippen molar-refractivity contribution in [2.24, 2.45) is 0 Å². The van der Waals surface area contributed by atoms with E-state index in [4.69, 9.17) is 4.74 Å². The first-order valence-corrected chi connectivity index (χ1v) is 6.67. The number of benzene rings is 2. The zero-order valence-electron chi connectivity index (χ0n) is 12.5. The second kappa shape index (κ2) is 7.18. The Labute approximate surface area is 135 Å². The van der Waals surface area contributed by atoms with E-state index in [1.54, 1.807) is 12.1 Å². The highest BCUT2D eigenvalue weighted by Crippen LogP contribution is 2.34. The van der Waals surface area contributed by atoms with Gasteiger partial charge in [0.15, 0.2) is 0 Å². The Morgan fingerprint density at radius 3 is 2.25 bits per heavy atom. The number of nitro groups is 2. The quantitative estimate of drug-likeness (QED) is 0.452. The fourth-order valence-electron chi connectivity index (χ4n) is 1.89. The molecule has 0 fully saturated rings. The van der Waals surface area contributed by atoms with Crippen LogP contribution in [0.25, 0.3) is 0 Å². The summed E-state index contributed by atoms with van der Waals surface area (Å²) in [4.78, 5) is 31.4. The molecular weight excluding hydrogens is 320 g/mol. The van der Waals surface area contributed by atoms with Crippen LogP contribution in [-0.4, -0.2) is 22.9 Å². The highest BCUT2D eigenvalue weighted by atomic mass is 16.6. The number of ether oxygens (including phenoxy) is 2. The zero-order valence-corrected chi connectivity index (χ0v) is 12.5. The Balaban J connectivity index is 2.23. The lowest BCUT2D eigenvalue weighted by Crippen LogP contribution is -2.04. The molecule has 2 aromatic carbocycles. The number of methoxy groups -OCH3 is 1. The fourth-order valence-corrected chi connectivity index (χ4v) is 1.89. The van der Waals surface area contributed by atoms with Crippen molar-refractivity contribution in [3.8, 4) is 11.5 Å². The molecule has 0 saturated carbocycles. The third-order valence-corrected chi connectivity index (χ3v) is 3.08. The molecule has 0 aromatic heterocycles. The summed E-state index contributed by atoms with van der Waals surface area (Å²) in [6.07, 6.45) is 0.0917. The number of non-ortho nitro benzene ring substituents is 1. The summed E-state index contributed by atoms with van der Waals surface area (Å²) in [6.45, 7) is 0. The smallest absolute Gasteiger partial charge is 0.318 e. The van der Waals surface area contributed by atoms with Crippen molar-refractivity contribution in [1.82, 2.24) is 0 Å². The van der Waals surface area contributed by atoms with Gasteiger partial charge in [0.1, 0.15) is 5.75 Å². The molecule has 9 heteroatoms. The number of carbonyl (C=O) groups excluding carboxylic acids is 1. The van der Waals surface area contributed by atoms with Crippen LogP contribution in [0.4, 0.5) is 11.4 Å². The van der Waals surface area contributed by atoms with E-state index in [2.05, 4.69) is 4.74 Å². The second-order valence-electron chi connectivity index (χ2n) is 4.67. The van der Waals surface area contributed by atoms with Crippen LogP contribution in [0.15, 0.2) is 42.5 Å². The molecule has 0 heterocycles. The molecule has 0 spiro atoms. The predicted octanol–water partition coefficient (Wildman–Crippen LogP) is 3.01. The molecule has 0 aliphatic carbocycles. The minimum Gasteiger partial charge on any atom is -0.469 e. The van der Waals surface area contributed by atoms with Crippen molar-refractivity contribution < 1.29 is 24.1 Å². The minimum atomic E-state index is -0.756. The second-order valence-corrected chi connectivity index (χ2v) is 4.67. The van der Waals surface area contributed by atoms with Crippen LogP contribution in [0, 0.1) is 20.2 Å². The van der Waals surface area contributed by atoms with Gasteiger partial charge >= 0.3 is 11.7 Å². The van der Waals surface area contributed by atoms with E-state index in [-0.39, 0.29) is 12.2 Å². The molecule has 0 aliphatic heterocycles. The summed E-state index contributed by atoms with van der Waals surface area (Å²) in [5.74, 6) is -0.221. The number of hydrogen-bond acceptors (Lipinski definition) is 7. The van der Waals surface area contributed by atoms with Crippen molar-refractivity contribution in [2.45, 2.75) is 6.42 Å². The van der Waals surface area contributed by atoms with Crippen LogP contribution < -0.4 is 4.74 Å². The van der Waals surface area contributed by atoms with Gasteiger partial charge in [0, 0.05) is 6.07 Å². The van der Waals surface area contributed by atoms with E-state index in [0.29, 0.717) is 11.3 Å². The number of esters is 1. The van der Waals surface area contributed by atoms with Crippen molar-refractivity contribution in [1.29, 1.82) is 0 Å². The van der Waals surface area contributed by atoms with Gasteiger partial charge in [-0.15, -0.1) is 0 Å². The van der Waals surface area contributed by atoms with Gasteiger partial charge in [0.05, 0.1) is 29.4 Å². The summed E-state index contributed by atoms with van der Waals surface area (Å²) in [7, 11) is 1.29. The molecule has 9 nitrogen and oxygen atoms in total. The van der Waals surface area contributed by atoms with E-state index in [9.17, 15) is 25.0 Å². The van der Waals surface area contributed by atoms with Crippen LogP contribution in [0.2, 0.25) is 0 Å². The molecular formula is C15H12N2O7. The number of nitro benzene ring substituents is 2. The standard InChI is InChI=1S/C15H12N2O7/c1-23-15(18)8-10-2-5-12(6-3-10)24-14-7-4-11(16(19)20)9-13(14)17(21)22/h2-7,9H,8H2,1H3. The predicted molar refractivity (Wildman–Crippen MR) is 82.0 cm³/mol. The summed E-state index contributed by atoms with van der Waals surface area (Å²) in [5.41, 5.74) is -0.224. The van der Waals surface area contributed by atoms with Crippen molar-refractivity contribution >= 4 is 17.3 Å². The maximum Gasteiger partial charge on any atom is 0.318 e. The Morgan fingerprint density at radius 2 is 1.71 bits per heavy atom. The van der Waals surface area contributed by atoms with Crippen molar-refractivity contribution in [3.05, 3.63) is 68.3 Å². The molecule has 0 amide bonds. The monoisotopic (exact) mass is 332 g/mol. The van der Waals surface area contributed by atoms with Gasteiger partial charge in [-0.05, 0) is 23.8 Å². The molecule has 2 rings (SSSR count). The van der Waals surface area contributed by atoms with Gasteiger partial charge in [-0.2, -0.15) is 0 Å². The van der Waals surface area contributed by atoms with Crippen LogP contribution in [0.5, 0.6) is 11.5 Å². The maximum atomic E-state index is 11.2. The molecule has 0 bridgehead atoms. The summed E-state index contributed by atoms with van der Waals surface area (Å²) in [5, 5.41) is 21.7. The SMILES string of the molecule is COC(=O)Cc1ccc(Oc2ccc([N+](=O)[O-])cc2[N+](=O)[O-])cc1. The van der Waals surface area contributed by atoms with Crippen LogP contribution >= 0.6 is 0 Å². The molecule has 124 valence electrons. The van der Waals surface area contributed by atoms with Gasteiger partial charge in [-0.3, -0.25) is 25.0 Å². The Bertz CT molecular complexity index is 787. The average molecular weight is 332 g/mol. The highest BCUT2D eigenvalue weighted by molar-refractivity contribution is 5.72. The normalized spacial score (nSPS) is 10.0. The molecule has 0 saturated heterocycles. The Hall–Kier alpha value is -3.49. The number of hydrogen-bond donors (Lipinski definition) is 0. The Morgan fingerprint density at radius 1 is 1.04 bits per heavy atom. The van der Waals surface area contributed by atoms with Gasteiger partial charge < -0.3 is 9.47 Å². The summed E-state index contributed by atoms with van der Waals surface area (Å²) < 4.78 is 9.96. The molecule has 0 atom stereocenters. The molecule has 0 radical (unpaired) electrons. The van der Waals surface area contributed by atoms with Gasteiger partial charge in [0.2, 0.25) is 5.75 Å².